The minimum Gasteiger partial charge on any atom is -0.505 e. The van der Waals surface area contributed by atoms with E-state index in [1.54, 1.807) is 0 Å². The lowest BCUT2D eigenvalue weighted by Gasteiger charge is -2.29. The van der Waals surface area contributed by atoms with E-state index in [0.717, 1.165) is 13.0 Å². The molecule has 0 amide bonds. The van der Waals surface area contributed by atoms with Crippen LogP contribution in [0.1, 0.15) is 18.0 Å². The van der Waals surface area contributed by atoms with E-state index in [9.17, 15) is 9.50 Å². The van der Waals surface area contributed by atoms with Gasteiger partial charge in [0.15, 0.2) is 11.6 Å². The summed E-state index contributed by atoms with van der Waals surface area (Å²) in [6.45, 7) is 0.886. The van der Waals surface area contributed by atoms with Crippen LogP contribution in [0.2, 0.25) is 5.02 Å². The zero-order chi connectivity index (χ0) is 9.42. The van der Waals surface area contributed by atoms with Crippen LogP contribution in [0.25, 0.3) is 0 Å². The summed E-state index contributed by atoms with van der Waals surface area (Å²) in [7, 11) is 0. The summed E-state index contributed by atoms with van der Waals surface area (Å²) in [6, 6.07) is 2.63. The molecule has 2 N–H and O–H groups in total. The molecule has 2 nitrogen and oxygen atoms in total. The predicted molar refractivity (Wildman–Crippen MR) is 48.4 cm³/mol. The van der Waals surface area contributed by atoms with E-state index in [2.05, 4.69) is 5.32 Å². The van der Waals surface area contributed by atoms with Gasteiger partial charge in [0.25, 0.3) is 0 Å². The molecule has 1 aromatic rings. The number of benzene rings is 1. The topological polar surface area (TPSA) is 32.3 Å². The smallest absolute Gasteiger partial charge is 0.165 e. The number of aromatic hydroxyl groups is 1. The van der Waals surface area contributed by atoms with Gasteiger partial charge in [-0.2, -0.15) is 0 Å². The molecular weight excluding hydrogens is 193 g/mol. The van der Waals surface area contributed by atoms with Crippen molar-refractivity contribution in [1.82, 2.24) is 5.32 Å². The number of nitrogens with one attached hydrogen (secondary N) is 1. The maximum atomic E-state index is 12.9. The van der Waals surface area contributed by atoms with Crippen LogP contribution in [0.5, 0.6) is 5.75 Å². The Balaban J connectivity index is 2.46. The quantitative estimate of drug-likeness (QED) is 0.730. The molecule has 0 aliphatic carbocycles. The highest BCUT2D eigenvalue weighted by molar-refractivity contribution is 6.31. The van der Waals surface area contributed by atoms with Gasteiger partial charge in [-0.1, -0.05) is 11.6 Å². The van der Waals surface area contributed by atoms with Gasteiger partial charge < -0.3 is 10.4 Å². The van der Waals surface area contributed by atoms with Crippen molar-refractivity contribution in [3.8, 4) is 5.75 Å². The molecule has 4 heteroatoms. The Kier molecular flexibility index (Phi) is 2.14. The average Bonchev–Trinajstić information content (AvgIpc) is 2.02. The molecular formula is C9H9ClFNO. The van der Waals surface area contributed by atoms with Gasteiger partial charge in [-0.25, -0.2) is 4.39 Å². The Labute approximate surface area is 80.3 Å². The first kappa shape index (κ1) is 8.78. The summed E-state index contributed by atoms with van der Waals surface area (Å²) >= 11 is 5.84. The first-order chi connectivity index (χ1) is 6.20. The molecule has 70 valence electrons. The van der Waals surface area contributed by atoms with Crippen molar-refractivity contribution in [1.29, 1.82) is 0 Å². The summed E-state index contributed by atoms with van der Waals surface area (Å²) in [5.74, 6) is -0.946. The molecule has 0 aromatic heterocycles. The molecule has 0 spiro atoms. The number of phenols is 1. The standard InChI is InChI=1S/C9H9ClFNO/c10-5-1-2-6(11)9(13)8(5)7-3-4-12-7/h1-2,7,12-13H,3-4H2/t7-/m0/s1. The molecule has 0 saturated carbocycles. The van der Waals surface area contributed by atoms with Crippen LogP contribution in [0.4, 0.5) is 4.39 Å². The second-order valence-corrected chi connectivity index (χ2v) is 3.49. The van der Waals surface area contributed by atoms with Gasteiger partial charge in [-0.3, -0.25) is 0 Å². The van der Waals surface area contributed by atoms with Crippen molar-refractivity contribution in [2.45, 2.75) is 12.5 Å². The van der Waals surface area contributed by atoms with Crippen LogP contribution in [0.3, 0.4) is 0 Å². The van der Waals surface area contributed by atoms with Crippen LogP contribution in [-0.2, 0) is 0 Å². The van der Waals surface area contributed by atoms with Gasteiger partial charge in [-0.05, 0) is 25.1 Å². The van der Waals surface area contributed by atoms with E-state index >= 15 is 0 Å². The van der Waals surface area contributed by atoms with Gasteiger partial charge in [-0.15, -0.1) is 0 Å². The molecule has 1 saturated heterocycles. The maximum Gasteiger partial charge on any atom is 0.165 e. The second-order valence-electron chi connectivity index (χ2n) is 3.09. The molecule has 13 heavy (non-hydrogen) atoms. The van der Waals surface area contributed by atoms with Gasteiger partial charge in [0, 0.05) is 16.6 Å². The molecule has 1 aliphatic heterocycles. The van der Waals surface area contributed by atoms with Gasteiger partial charge >= 0.3 is 0 Å². The fraction of sp³-hybridized carbons (Fsp3) is 0.333. The summed E-state index contributed by atoms with van der Waals surface area (Å²) in [6.07, 6.45) is 0.886. The lowest BCUT2D eigenvalue weighted by atomic mass is 9.97. The third kappa shape index (κ3) is 1.38. The third-order valence-electron chi connectivity index (χ3n) is 2.29. The molecule has 1 aliphatic rings. The van der Waals surface area contributed by atoms with Crippen molar-refractivity contribution in [2.75, 3.05) is 6.54 Å². The first-order valence-corrected chi connectivity index (χ1v) is 4.48. The zero-order valence-electron chi connectivity index (χ0n) is 6.85. The van der Waals surface area contributed by atoms with Crippen LogP contribution < -0.4 is 5.32 Å². The summed E-state index contributed by atoms with van der Waals surface area (Å²) in [5, 5.41) is 12.9. The molecule has 1 fully saturated rings. The van der Waals surface area contributed by atoms with Crippen LogP contribution in [0.15, 0.2) is 12.1 Å². The van der Waals surface area contributed by atoms with Crippen molar-refractivity contribution < 1.29 is 9.50 Å². The molecule has 0 unspecified atom stereocenters. The fourth-order valence-electron chi connectivity index (χ4n) is 1.42. The normalized spacial score (nSPS) is 21.2. The Morgan fingerprint density at radius 2 is 2.23 bits per heavy atom. The molecule has 2 rings (SSSR count). The molecule has 1 atom stereocenters. The summed E-state index contributed by atoms with van der Waals surface area (Å²) < 4.78 is 12.9. The highest BCUT2D eigenvalue weighted by Gasteiger charge is 2.25. The maximum absolute atomic E-state index is 12.9. The van der Waals surface area contributed by atoms with E-state index in [1.807, 2.05) is 0 Å². The van der Waals surface area contributed by atoms with Crippen LogP contribution in [-0.4, -0.2) is 11.7 Å². The third-order valence-corrected chi connectivity index (χ3v) is 2.62. The molecule has 0 radical (unpaired) electrons. The zero-order valence-corrected chi connectivity index (χ0v) is 7.61. The van der Waals surface area contributed by atoms with Crippen molar-refractivity contribution in [3.05, 3.63) is 28.5 Å². The largest absolute Gasteiger partial charge is 0.505 e. The van der Waals surface area contributed by atoms with E-state index in [4.69, 9.17) is 11.6 Å². The first-order valence-electron chi connectivity index (χ1n) is 4.10. The van der Waals surface area contributed by atoms with E-state index in [0.29, 0.717) is 10.6 Å². The molecule has 1 aromatic carbocycles. The van der Waals surface area contributed by atoms with E-state index in [-0.39, 0.29) is 11.8 Å². The second kappa shape index (κ2) is 3.16. The molecule has 0 bridgehead atoms. The summed E-state index contributed by atoms with van der Waals surface area (Å²) in [4.78, 5) is 0. The fourth-order valence-corrected chi connectivity index (χ4v) is 1.71. The lowest BCUT2D eigenvalue weighted by Crippen LogP contribution is -2.35. The number of halogens is 2. The Bertz CT molecular complexity index is 339. The highest BCUT2D eigenvalue weighted by Crippen LogP contribution is 2.37. The number of rotatable bonds is 1. The van der Waals surface area contributed by atoms with Crippen molar-refractivity contribution in [3.63, 3.8) is 0 Å². The Morgan fingerprint density at radius 3 is 2.77 bits per heavy atom. The predicted octanol–water partition coefficient (Wildman–Crippen LogP) is 2.22. The number of phenolic OH excluding ortho intramolecular Hbond substituents is 1. The SMILES string of the molecule is Oc1c(F)ccc(Cl)c1[C@@H]1CCN1. The van der Waals surface area contributed by atoms with Crippen molar-refractivity contribution in [2.24, 2.45) is 0 Å². The van der Waals surface area contributed by atoms with Gasteiger partial charge in [0.05, 0.1) is 0 Å². The highest BCUT2D eigenvalue weighted by atomic mass is 35.5. The van der Waals surface area contributed by atoms with Gasteiger partial charge in [0.1, 0.15) is 0 Å². The van der Waals surface area contributed by atoms with Crippen LogP contribution >= 0.6 is 11.6 Å². The van der Waals surface area contributed by atoms with E-state index in [1.165, 1.54) is 12.1 Å². The summed E-state index contributed by atoms with van der Waals surface area (Å²) in [5.41, 5.74) is 0.480. The average molecular weight is 202 g/mol. The Morgan fingerprint density at radius 1 is 1.54 bits per heavy atom. The van der Waals surface area contributed by atoms with Gasteiger partial charge in [0.2, 0.25) is 0 Å². The van der Waals surface area contributed by atoms with E-state index < -0.39 is 5.82 Å². The number of hydrogen-bond donors (Lipinski definition) is 2. The minimum atomic E-state index is -0.617. The minimum absolute atomic E-state index is 0.00296. The lowest BCUT2D eigenvalue weighted by molar-refractivity contribution is 0.355. The Hall–Kier alpha value is -0.800. The monoisotopic (exact) mass is 201 g/mol. The molecule has 1 heterocycles. The van der Waals surface area contributed by atoms with Crippen molar-refractivity contribution >= 4 is 11.6 Å². The van der Waals surface area contributed by atoms with Crippen LogP contribution in [0, 0.1) is 5.82 Å². The number of hydrogen-bond acceptors (Lipinski definition) is 2.